The van der Waals surface area contributed by atoms with Gasteiger partial charge in [-0.15, -0.1) is 0 Å². The number of hydrogen-bond donors (Lipinski definition) is 0. The van der Waals surface area contributed by atoms with E-state index in [1.165, 1.54) is 18.1 Å². The number of imidazole rings is 1. The monoisotopic (exact) mass is 253 g/mol. The van der Waals surface area contributed by atoms with Crippen LogP contribution in [0.25, 0.3) is 0 Å². The summed E-state index contributed by atoms with van der Waals surface area (Å²) in [5, 5.41) is 3.63. The molecule has 7 heteroatoms. The highest BCUT2D eigenvalue weighted by atomic mass is 32.2. The number of aryl methyl sites for hydroxylation is 2. The Morgan fingerprint density at radius 1 is 1.65 bits per heavy atom. The summed E-state index contributed by atoms with van der Waals surface area (Å²) >= 11 is 1.28. The minimum atomic E-state index is 0.126. The van der Waals surface area contributed by atoms with E-state index in [1.54, 1.807) is 0 Å². The van der Waals surface area contributed by atoms with Crippen LogP contribution in [0.3, 0.4) is 0 Å². The highest BCUT2D eigenvalue weighted by Crippen LogP contribution is 2.07. The number of aromatic nitrogens is 4. The van der Waals surface area contributed by atoms with E-state index in [-0.39, 0.29) is 5.12 Å². The number of rotatable bonds is 5. The molecular formula is C10H13N4O2S+. The summed E-state index contributed by atoms with van der Waals surface area (Å²) in [6.07, 6.45) is 7.63. The van der Waals surface area contributed by atoms with Gasteiger partial charge in [0.05, 0.1) is 7.05 Å². The lowest BCUT2D eigenvalue weighted by atomic mass is 10.5. The van der Waals surface area contributed by atoms with E-state index in [1.807, 2.05) is 34.9 Å². The van der Waals surface area contributed by atoms with Gasteiger partial charge >= 0.3 is 0 Å². The smallest absolute Gasteiger partial charge is 0.243 e. The molecule has 2 aromatic heterocycles. The largest absolute Gasteiger partial charge is 0.340 e. The summed E-state index contributed by atoms with van der Waals surface area (Å²) in [5.74, 6) is 1.23. The molecule has 0 aliphatic heterocycles. The quantitative estimate of drug-likeness (QED) is 0.712. The zero-order valence-corrected chi connectivity index (χ0v) is 10.3. The van der Waals surface area contributed by atoms with Crippen molar-refractivity contribution in [2.75, 3.05) is 5.75 Å². The molecule has 0 unspecified atom stereocenters. The van der Waals surface area contributed by atoms with Crippen LogP contribution < -0.4 is 4.57 Å². The first-order valence-electron chi connectivity index (χ1n) is 5.16. The third-order valence-electron chi connectivity index (χ3n) is 2.12. The van der Waals surface area contributed by atoms with Crippen LogP contribution in [-0.4, -0.2) is 25.6 Å². The Labute approximate surface area is 103 Å². The van der Waals surface area contributed by atoms with Gasteiger partial charge < -0.3 is 4.52 Å². The minimum Gasteiger partial charge on any atom is -0.340 e. The first-order valence-corrected chi connectivity index (χ1v) is 6.15. The molecular weight excluding hydrogens is 240 g/mol. The Bertz CT molecular complexity index is 480. The van der Waals surface area contributed by atoms with Crippen LogP contribution in [0, 0.1) is 0 Å². The van der Waals surface area contributed by atoms with Crippen LogP contribution in [-0.2, 0) is 24.8 Å². The number of thioether (sulfide) groups is 1. The van der Waals surface area contributed by atoms with E-state index in [0.29, 0.717) is 24.6 Å². The molecule has 0 aliphatic carbocycles. The van der Waals surface area contributed by atoms with Gasteiger partial charge in [-0.3, -0.25) is 4.79 Å². The van der Waals surface area contributed by atoms with Crippen molar-refractivity contribution >= 4 is 16.9 Å². The van der Waals surface area contributed by atoms with Crippen molar-refractivity contribution in [3.05, 3.63) is 30.9 Å². The summed E-state index contributed by atoms with van der Waals surface area (Å²) in [5.41, 5.74) is 0. The van der Waals surface area contributed by atoms with Gasteiger partial charge in [-0.2, -0.15) is 4.98 Å². The van der Waals surface area contributed by atoms with Gasteiger partial charge in [0.1, 0.15) is 12.4 Å². The molecule has 2 rings (SSSR count). The van der Waals surface area contributed by atoms with Crippen molar-refractivity contribution in [2.45, 2.75) is 13.0 Å². The second kappa shape index (κ2) is 5.62. The van der Waals surface area contributed by atoms with Crippen LogP contribution in [0.5, 0.6) is 0 Å². The van der Waals surface area contributed by atoms with E-state index < -0.39 is 0 Å². The molecule has 0 atom stereocenters. The van der Waals surface area contributed by atoms with Crippen molar-refractivity contribution in [1.82, 2.24) is 14.7 Å². The minimum absolute atomic E-state index is 0.126. The summed E-state index contributed by atoms with van der Waals surface area (Å²) in [7, 11) is 1.92. The predicted molar refractivity (Wildman–Crippen MR) is 61.1 cm³/mol. The fourth-order valence-electron chi connectivity index (χ4n) is 1.35. The molecule has 2 heterocycles. The maximum absolute atomic E-state index is 11.6. The van der Waals surface area contributed by atoms with Crippen LogP contribution in [0.15, 0.2) is 29.6 Å². The summed E-state index contributed by atoms with van der Waals surface area (Å²) in [4.78, 5) is 15.5. The molecule has 0 fully saturated rings. The fraction of sp³-hybridized carbons (Fsp3) is 0.400. The number of hydrogen-bond acceptors (Lipinski definition) is 5. The topological polar surface area (TPSA) is 64.8 Å². The molecule has 0 N–H and O–H groups in total. The Hall–Kier alpha value is -1.63. The van der Waals surface area contributed by atoms with Gasteiger partial charge in [-0.1, -0.05) is 16.9 Å². The zero-order valence-electron chi connectivity index (χ0n) is 9.44. The zero-order chi connectivity index (χ0) is 12.1. The predicted octanol–water partition coefficient (Wildman–Crippen LogP) is 0.198. The van der Waals surface area contributed by atoms with Gasteiger partial charge in [0.15, 0.2) is 12.9 Å². The van der Waals surface area contributed by atoms with Gasteiger partial charge in [0.25, 0.3) is 0 Å². The molecule has 17 heavy (non-hydrogen) atoms. The second-order valence-electron chi connectivity index (χ2n) is 3.56. The van der Waals surface area contributed by atoms with Crippen LogP contribution in [0.1, 0.15) is 5.89 Å². The molecule has 90 valence electrons. The molecule has 0 saturated heterocycles. The lowest BCUT2D eigenvalue weighted by Gasteiger charge is -1.96. The standard InChI is InChI=1S/C10H13N4O2S/c1-13-3-4-14(8-13)6-10(15)17-5-2-9-11-7-12-16-9/h3-4,7-8H,2,5-6H2,1H3/q+1. The van der Waals surface area contributed by atoms with Gasteiger partial charge in [0.2, 0.25) is 17.3 Å². The second-order valence-corrected chi connectivity index (χ2v) is 4.71. The van der Waals surface area contributed by atoms with Crippen LogP contribution in [0.4, 0.5) is 0 Å². The molecule has 2 aromatic rings. The van der Waals surface area contributed by atoms with E-state index >= 15 is 0 Å². The fourth-order valence-corrected chi connectivity index (χ4v) is 2.09. The van der Waals surface area contributed by atoms with Crippen molar-refractivity contribution in [2.24, 2.45) is 7.05 Å². The summed E-state index contributed by atoms with van der Waals surface area (Å²) in [6.45, 7) is 0.384. The van der Waals surface area contributed by atoms with E-state index in [4.69, 9.17) is 4.52 Å². The highest BCUT2D eigenvalue weighted by molar-refractivity contribution is 8.13. The molecule has 0 saturated carbocycles. The number of nitrogens with zero attached hydrogens (tertiary/aromatic N) is 4. The van der Waals surface area contributed by atoms with Crippen LogP contribution >= 0.6 is 11.8 Å². The molecule has 0 aliphatic rings. The lowest BCUT2D eigenvalue weighted by molar-refractivity contribution is -0.671. The average Bonchev–Trinajstić information content (AvgIpc) is 2.90. The molecule has 6 nitrogen and oxygen atoms in total. The first kappa shape index (κ1) is 11.8. The van der Waals surface area contributed by atoms with Gasteiger partial charge in [-0.25, -0.2) is 9.13 Å². The SMILES string of the molecule is C[n+]1ccn(CC(=O)SCCc2ncno2)c1. The normalized spacial score (nSPS) is 10.6. The Kier molecular flexibility index (Phi) is 3.92. The highest BCUT2D eigenvalue weighted by Gasteiger charge is 2.09. The molecule has 0 amide bonds. The molecule has 0 aromatic carbocycles. The maximum atomic E-state index is 11.6. The third-order valence-corrected chi connectivity index (χ3v) is 2.98. The Balaban J connectivity index is 1.71. The summed E-state index contributed by atoms with van der Waals surface area (Å²) < 4.78 is 8.59. The Morgan fingerprint density at radius 3 is 3.18 bits per heavy atom. The van der Waals surface area contributed by atoms with E-state index in [2.05, 4.69) is 10.1 Å². The molecule has 0 radical (unpaired) electrons. The summed E-state index contributed by atoms with van der Waals surface area (Å²) in [6, 6.07) is 0. The van der Waals surface area contributed by atoms with E-state index in [9.17, 15) is 4.79 Å². The lowest BCUT2D eigenvalue weighted by Crippen LogP contribution is -2.24. The van der Waals surface area contributed by atoms with Gasteiger partial charge in [-0.05, 0) is 0 Å². The van der Waals surface area contributed by atoms with E-state index in [0.717, 1.165) is 0 Å². The third kappa shape index (κ3) is 3.70. The number of carbonyl (C=O) groups is 1. The van der Waals surface area contributed by atoms with Gasteiger partial charge in [0, 0.05) is 12.2 Å². The van der Waals surface area contributed by atoms with Crippen molar-refractivity contribution < 1.29 is 13.9 Å². The van der Waals surface area contributed by atoms with Crippen molar-refractivity contribution in [1.29, 1.82) is 0 Å². The number of carbonyl (C=O) groups excluding carboxylic acids is 1. The molecule has 0 spiro atoms. The van der Waals surface area contributed by atoms with Crippen molar-refractivity contribution in [3.8, 4) is 0 Å². The average molecular weight is 253 g/mol. The molecule has 0 bridgehead atoms. The Morgan fingerprint density at radius 2 is 2.53 bits per heavy atom. The van der Waals surface area contributed by atoms with Crippen LogP contribution in [0.2, 0.25) is 0 Å². The first-order chi connectivity index (χ1) is 8.24. The maximum Gasteiger partial charge on any atom is 0.243 e. The van der Waals surface area contributed by atoms with Crippen molar-refractivity contribution in [3.63, 3.8) is 0 Å².